The number of hydrogen-bond acceptors (Lipinski definition) is 4. The van der Waals surface area contributed by atoms with E-state index in [4.69, 9.17) is 39.5 Å². The third kappa shape index (κ3) is 2.17. The Balaban J connectivity index is 2.32. The zero-order valence-corrected chi connectivity index (χ0v) is 13.4. The second-order valence-corrected chi connectivity index (χ2v) is 5.43. The number of methoxy groups -OCH3 is 1. The molecule has 0 N–H and O–H groups in total. The van der Waals surface area contributed by atoms with Gasteiger partial charge in [0, 0.05) is 5.56 Å². The first-order valence-electron chi connectivity index (χ1n) is 6.04. The molecule has 3 rings (SSSR count). The molecule has 0 atom stereocenters. The molecule has 2 aromatic heterocycles. The lowest BCUT2D eigenvalue weighted by Gasteiger charge is -2.08. The molecule has 0 fully saturated rings. The van der Waals surface area contributed by atoms with E-state index in [1.54, 1.807) is 31.4 Å². The molecule has 0 aliphatic heterocycles. The first kappa shape index (κ1) is 14.9. The summed E-state index contributed by atoms with van der Waals surface area (Å²) in [5, 5.41) is 17.6. The Morgan fingerprint density at radius 1 is 1.09 bits per heavy atom. The van der Waals surface area contributed by atoms with E-state index in [-0.39, 0.29) is 20.8 Å². The van der Waals surface area contributed by atoms with E-state index in [2.05, 4.69) is 10.2 Å². The molecule has 22 heavy (non-hydrogen) atoms. The maximum atomic E-state index is 9.20. The zero-order chi connectivity index (χ0) is 15.9. The van der Waals surface area contributed by atoms with Gasteiger partial charge >= 0.3 is 0 Å². The Morgan fingerprint density at radius 2 is 1.77 bits per heavy atom. The number of halogens is 3. The summed E-state index contributed by atoms with van der Waals surface area (Å²) in [6, 6.07) is 9.12. The summed E-state index contributed by atoms with van der Waals surface area (Å²) in [6.07, 6.45) is 0. The minimum Gasteiger partial charge on any atom is -0.497 e. The van der Waals surface area contributed by atoms with Gasteiger partial charge < -0.3 is 4.74 Å². The summed E-state index contributed by atoms with van der Waals surface area (Å²) in [5.74, 6) is 1.17. The van der Waals surface area contributed by atoms with Gasteiger partial charge in [-0.1, -0.05) is 34.8 Å². The van der Waals surface area contributed by atoms with Crippen molar-refractivity contribution in [1.82, 2.24) is 14.6 Å². The summed E-state index contributed by atoms with van der Waals surface area (Å²) in [5.41, 5.74) is 1.12. The largest absolute Gasteiger partial charge is 0.497 e. The number of nitriles is 1. The van der Waals surface area contributed by atoms with Crippen LogP contribution in [0.5, 0.6) is 5.75 Å². The molecule has 0 radical (unpaired) electrons. The molecular formula is C14H7Cl3N4O. The molecule has 1 aromatic carbocycles. The van der Waals surface area contributed by atoms with Gasteiger partial charge in [-0.15, -0.1) is 10.2 Å². The molecule has 3 aromatic rings. The molecule has 5 nitrogen and oxygen atoms in total. The number of nitrogens with zero attached hydrogens (tertiary/aromatic N) is 4. The highest BCUT2D eigenvalue weighted by Crippen LogP contribution is 2.36. The lowest BCUT2D eigenvalue weighted by molar-refractivity contribution is 0.415. The van der Waals surface area contributed by atoms with Gasteiger partial charge in [0.1, 0.15) is 27.6 Å². The fourth-order valence-electron chi connectivity index (χ4n) is 2.04. The molecule has 2 heterocycles. The molecular weight excluding hydrogens is 347 g/mol. The summed E-state index contributed by atoms with van der Waals surface area (Å²) in [4.78, 5) is 0. The van der Waals surface area contributed by atoms with E-state index < -0.39 is 0 Å². The molecule has 0 bridgehead atoms. The molecule has 0 saturated carbocycles. The third-order valence-corrected chi connectivity index (χ3v) is 4.32. The number of ether oxygens (including phenoxy) is 1. The van der Waals surface area contributed by atoms with Crippen LogP contribution in [-0.2, 0) is 0 Å². The lowest BCUT2D eigenvalue weighted by Crippen LogP contribution is -1.97. The van der Waals surface area contributed by atoms with Gasteiger partial charge in [-0.2, -0.15) is 5.26 Å². The van der Waals surface area contributed by atoms with E-state index in [9.17, 15) is 5.26 Å². The number of pyridine rings is 1. The highest BCUT2D eigenvalue weighted by molar-refractivity contribution is 6.46. The maximum absolute atomic E-state index is 9.20. The highest BCUT2D eigenvalue weighted by Gasteiger charge is 2.21. The van der Waals surface area contributed by atoms with Gasteiger partial charge in [0.25, 0.3) is 0 Å². The van der Waals surface area contributed by atoms with Crippen molar-refractivity contribution in [1.29, 1.82) is 5.26 Å². The molecule has 0 amide bonds. The Bertz CT molecular complexity index is 913. The summed E-state index contributed by atoms with van der Waals surface area (Å²) in [6.45, 7) is 0. The van der Waals surface area contributed by atoms with Crippen molar-refractivity contribution in [2.24, 2.45) is 0 Å². The minimum atomic E-state index is 0.0651. The molecule has 8 heteroatoms. The third-order valence-electron chi connectivity index (χ3n) is 3.13. The van der Waals surface area contributed by atoms with Crippen molar-refractivity contribution in [3.05, 3.63) is 45.0 Å². The molecule has 0 unspecified atom stereocenters. The van der Waals surface area contributed by atoms with E-state index in [0.29, 0.717) is 17.2 Å². The van der Waals surface area contributed by atoms with Crippen molar-refractivity contribution < 1.29 is 4.74 Å². The van der Waals surface area contributed by atoms with Crippen LogP contribution in [0.3, 0.4) is 0 Å². The van der Waals surface area contributed by atoms with E-state index in [1.807, 2.05) is 6.07 Å². The van der Waals surface area contributed by atoms with Crippen molar-refractivity contribution in [3.8, 4) is 23.2 Å². The average Bonchev–Trinajstić information content (AvgIpc) is 2.99. The van der Waals surface area contributed by atoms with Crippen LogP contribution < -0.4 is 4.74 Å². The normalized spacial score (nSPS) is 10.7. The molecule has 0 aliphatic carbocycles. The fourth-order valence-corrected chi connectivity index (χ4v) is 2.82. The quantitative estimate of drug-likeness (QED) is 0.647. The van der Waals surface area contributed by atoms with Crippen molar-refractivity contribution in [2.45, 2.75) is 0 Å². The van der Waals surface area contributed by atoms with Crippen LogP contribution in [0.1, 0.15) is 5.56 Å². The highest BCUT2D eigenvalue weighted by atomic mass is 35.5. The van der Waals surface area contributed by atoms with Gasteiger partial charge in [0.15, 0.2) is 11.5 Å². The molecule has 0 saturated heterocycles. The maximum Gasteiger partial charge on any atom is 0.182 e. The second-order valence-electron chi connectivity index (χ2n) is 4.32. The minimum absolute atomic E-state index is 0.0651. The molecule has 110 valence electrons. The van der Waals surface area contributed by atoms with Crippen LogP contribution in [0, 0.1) is 11.3 Å². The Kier molecular flexibility index (Phi) is 3.83. The fraction of sp³-hybridized carbons (Fsp3) is 0.0714. The van der Waals surface area contributed by atoms with Crippen LogP contribution in [0.2, 0.25) is 15.2 Å². The number of fused-ring (bicyclic) bond motifs is 1. The Hall–Kier alpha value is -2.00. The first-order chi connectivity index (χ1) is 10.6. The van der Waals surface area contributed by atoms with E-state index >= 15 is 0 Å². The molecule has 0 aliphatic rings. The van der Waals surface area contributed by atoms with E-state index in [0.717, 1.165) is 5.56 Å². The van der Waals surface area contributed by atoms with Crippen LogP contribution in [0.4, 0.5) is 0 Å². The SMILES string of the molecule is COc1ccc(-c2nnc3c(Cl)c(Cl)c(C#N)c(Cl)n23)cc1. The summed E-state index contributed by atoms with van der Waals surface area (Å²) in [7, 11) is 1.58. The second kappa shape index (κ2) is 5.65. The predicted octanol–water partition coefficient (Wildman–Crippen LogP) is 4.24. The van der Waals surface area contributed by atoms with Gasteiger partial charge in [0.05, 0.1) is 12.1 Å². The van der Waals surface area contributed by atoms with Crippen LogP contribution in [0.15, 0.2) is 24.3 Å². The van der Waals surface area contributed by atoms with Gasteiger partial charge in [0.2, 0.25) is 0 Å². The standard InChI is InChI=1S/C14H7Cl3N4O/c1-22-8-4-2-7(3-5-8)13-19-20-14-11(16)10(15)9(6-18)12(17)21(13)14/h2-5H,1H3. The van der Waals surface area contributed by atoms with Crippen molar-refractivity contribution in [2.75, 3.05) is 7.11 Å². The number of aromatic nitrogens is 3. The average molecular weight is 354 g/mol. The summed E-state index contributed by atoms with van der Waals surface area (Å²) < 4.78 is 6.61. The van der Waals surface area contributed by atoms with Gasteiger partial charge in [-0.3, -0.25) is 4.40 Å². The topological polar surface area (TPSA) is 63.2 Å². The zero-order valence-electron chi connectivity index (χ0n) is 11.1. The van der Waals surface area contributed by atoms with Gasteiger partial charge in [-0.25, -0.2) is 0 Å². The van der Waals surface area contributed by atoms with Crippen LogP contribution in [-0.4, -0.2) is 21.7 Å². The smallest absolute Gasteiger partial charge is 0.182 e. The number of hydrogen-bond donors (Lipinski definition) is 0. The van der Waals surface area contributed by atoms with Crippen molar-refractivity contribution in [3.63, 3.8) is 0 Å². The van der Waals surface area contributed by atoms with Crippen LogP contribution in [0.25, 0.3) is 17.0 Å². The monoisotopic (exact) mass is 352 g/mol. The lowest BCUT2D eigenvalue weighted by atomic mass is 10.2. The summed E-state index contributed by atoms with van der Waals surface area (Å²) >= 11 is 18.4. The Labute approximate surface area is 140 Å². The van der Waals surface area contributed by atoms with E-state index in [1.165, 1.54) is 4.40 Å². The molecule has 0 spiro atoms. The predicted molar refractivity (Wildman–Crippen MR) is 84.7 cm³/mol. The first-order valence-corrected chi connectivity index (χ1v) is 7.18. The Morgan fingerprint density at radius 3 is 2.36 bits per heavy atom. The van der Waals surface area contributed by atoms with Crippen LogP contribution >= 0.6 is 34.8 Å². The van der Waals surface area contributed by atoms with Gasteiger partial charge in [-0.05, 0) is 24.3 Å². The number of rotatable bonds is 2. The number of benzene rings is 1. The van der Waals surface area contributed by atoms with Crippen molar-refractivity contribution >= 4 is 40.4 Å².